The molecule has 26 heavy (non-hydrogen) atoms. The number of aryl methyl sites for hydroxylation is 1. The summed E-state index contributed by atoms with van der Waals surface area (Å²) < 4.78 is 1.87. The predicted octanol–water partition coefficient (Wildman–Crippen LogP) is 2.53. The highest BCUT2D eigenvalue weighted by molar-refractivity contribution is 7.99. The molecule has 9 heteroatoms. The number of nitro groups is 1. The zero-order valence-electron chi connectivity index (χ0n) is 13.7. The Hall–Kier alpha value is -3.20. The van der Waals surface area contributed by atoms with Gasteiger partial charge in [0.15, 0.2) is 5.16 Å². The number of carbonyl (C=O) groups excluding carboxylic acids is 2. The molecule has 1 aromatic heterocycles. The van der Waals surface area contributed by atoms with Crippen molar-refractivity contribution < 1.29 is 14.5 Å². The van der Waals surface area contributed by atoms with Gasteiger partial charge in [0.1, 0.15) is 0 Å². The summed E-state index contributed by atoms with van der Waals surface area (Å²) in [4.78, 5) is 38.7. The van der Waals surface area contributed by atoms with Gasteiger partial charge in [-0.05, 0) is 18.2 Å². The van der Waals surface area contributed by atoms with E-state index in [9.17, 15) is 19.7 Å². The molecule has 1 heterocycles. The number of nitro benzene ring substituents is 1. The number of imide groups is 1. The molecule has 1 N–H and O–H groups in total. The highest BCUT2D eigenvalue weighted by Gasteiger charge is 2.15. The van der Waals surface area contributed by atoms with Crippen molar-refractivity contribution in [1.82, 2.24) is 14.9 Å². The topological polar surface area (TPSA) is 107 Å². The van der Waals surface area contributed by atoms with Gasteiger partial charge in [-0.3, -0.25) is 25.0 Å². The van der Waals surface area contributed by atoms with Crippen LogP contribution in [0.3, 0.4) is 0 Å². The number of non-ortho nitro benzene ring substituents is 1. The van der Waals surface area contributed by atoms with Crippen molar-refractivity contribution in [2.75, 3.05) is 5.75 Å². The van der Waals surface area contributed by atoms with Gasteiger partial charge in [-0.2, -0.15) is 0 Å². The van der Waals surface area contributed by atoms with Crippen LogP contribution in [0.2, 0.25) is 0 Å². The fraction of sp³-hybridized carbons (Fsp3) is 0.118. The van der Waals surface area contributed by atoms with Crippen LogP contribution in [0.25, 0.3) is 11.0 Å². The van der Waals surface area contributed by atoms with Crippen LogP contribution in [0.1, 0.15) is 10.4 Å². The first-order chi connectivity index (χ1) is 12.5. The summed E-state index contributed by atoms with van der Waals surface area (Å²) in [6.07, 6.45) is 0. The molecule has 0 aliphatic carbocycles. The first-order valence-electron chi connectivity index (χ1n) is 7.58. The van der Waals surface area contributed by atoms with Crippen LogP contribution < -0.4 is 5.32 Å². The highest BCUT2D eigenvalue weighted by Crippen LogP contribution is 2.22. The van der Waals surface area contributed by atoms with Gasteiger partial charge in [-0.1, -0.05) is 30.0 Å². The third-order valence-electron chi connectivity index (χ3n) is 3.65. The van der Waals surface area contributed by atoms with Gasteiger partial charge in [0.2, 0.25) is 5.91 Å². The number of fused-ring (bicyclic) bond motifs is 1. The molecule has 0 fully saturated rings. The Morgan fingerprint density at radius 1 is 1.23 bits per heavy atom. The lowest BCUT2D eigenvalue weighted by Gasteiger charge is -2.04. The molecule has 0 unspecified atom stereocenters. The number of benzene rings is 2. The summed E-state index contributed by atoms with van der Waals surface area (Å²) >= 11 is 1.21. The van der Waals surface area contributed by atoms with Crippen LogP contribution in [-0.4, -0.2) is 32.0 Å². The third kappa shape index (κ3) is 3.72. The van der Waals surface area contributed by atoms with Crippen LogP contribution in [0.15, 0.2) is 53.7 Å². The summed E-state index contributed by atoms with van der Waals surface area (Å²) in [5, 5.41) is 13.6. The van der Waals surface area contributed by atoms with Gasteiger partial charge in [0.05, 0.1) is 21.7 Å². The summed E-state index contributed by atoms with van der Waals surface area (Å²) in [6.45, 7) is 0. The smallest absolute Gasteiger partial charge is 0.270 e. The van der Waals surface area contributed by atoms with Crippen LogP contribution in [-0.2, 0) is 11.8 Å². The lowest BCUT2D eigenvalue weighted by atomic mass is 10.2. The second kappa shape index (κ2) is 7.36. The minimum absolute atomic E-state index is 0.00215. The number of nitrogens with zero attached hydrogens (tertiary/aromatic N) is 3. The van der Waals surface area contributed by atoms with Gasteiger partial charge < -0.3 is 4.57 Å². The zero-order chi connectivity index (χ0) is 18.7. The van der Waals surface area contributed by atoms with E-state index in [1.54, 1.807) is 0 Å². The van der Waals surface area contributed by atoms with E-state index in [0.29, 0.717) is 5.16 Å². The number of imidazole rings is 1. The Labute approximate surface area is 152 Å². The number of aromatic nitrogens is 2. The van der Waals surface area contributed by atoms with Gasteiger partial charge in [-0.15, -0.1) is 0 Å². The summed E-state index contributed by atoms with van der Waals surface area (Å²) in [5.41, 5.74) is 1.62. The maximum Gasteiger partial charge on any atom is 0.270 e. The Morgan fingerprint density at radius 3 is 2.73 bits per heavy atom. The van der Waals surface area contributed by atoms with Crippen molar-refractivity contribution in [1.29, 1.82) is 0 Å². The molecule has 132 valence electrons. The normalized spacial score (nSPS) is 10.7. The van der Waals surface area contributed by atoms with Crippen LogP contribution in [0, 0.1) is 10.1 Å². The predicted molar refractivity (Wildman–Crippen MR) is 97.0 cm³/mol. The van der Waals surface area contributed by atoms with Gasteiger partial charge in [0.25, 0.3) is 11.6 Å². The molecule has 0 saturated carbocycles. The lowest BCUT2D eigenvalue weighted by Crippen LogP contribution is -2.31. The number of para-hydroxylation sites is 2. The van der Waals surface area contributed by atoms with Crippen molar-refractivity contribution in [2.45, 2.75) is 5.16 Å². The SMILES string of the molecule is Cn1c(SCC(=O)NC(=O)c2cccc([N+](=O)[O-])c2)nc2ccccc21. The standard InChI is InChI=1S/C17H14N4O4S/c1-20-14-8-3-2-7-13(14)18-17(20)26-10-15(22)19-16(23)11-5-4-6-12(9-11)21(24)25/h2-9H,10H2,1H3,(H,19,22,23). The molecule has 3 rings (SSSR count). The zero-order valence-corrected chi connectivity index (χ0v) is 14.5. The average Bonchev–Trinajstić information content (AvgIpc) is 2.96. The third-order valence-corrected chi connectivity index (χ3v) is 4.68. The number of thioether (sulfide) groups is 1. The van der Waals surface area contributed by atoms with E-state index in [2.05, 4.69) is 10.3 Å². The largest absolute Gasteiger partial charge is 0.322 e. The van der Waals surface area contributed by atoms with Crippen molar-refractivity contribution in [3.63, 3.8) is 0 Å². The summed E-state index contributed by atoms with van der Waals surface area (Å²) in [7, 11) is 1.85. The minimum Gasteiger partial charge on any atom is -0.322 e. The number of hydrogen-bond donors (Lipinski definition) is 1. The molecule has 0 saturated heterocycles. The summed E-state index contributed by atoms with van der Waals surface area (Å²) in [6, 6.07) is 12.8. The molecular formula is C17H14N4O4S. The number of carbonyl (C=O) groups is 2. The first kappa shape index (κ1) is 17.6. The number of amides is 2. The first-order valence-corrected chi connectivity index (χ1v) is 8.57. The maximum atomic E-state index is 12.1. The second-order valence-electron chi connectivity index (χ2n) is 5.42. The molecule has 3 aromatic rings. The van der Waals surface area contributed by atoms with Gasteiger partial charge in [-0.25, -0.2) is 4.98 Å². The van der Waals surface area contributed by atoms with E-state index >= 15 is 0 Å². The molecule has 0 radical (unpaired) electrons. The van der Waals surface area contributed by atoms with Gasteiger partial charge in [0, 0.05) is 24.7 Å². The summed E-state index contributed by atoms with van der Waals surface area (Å²) in [5.74, 6) is -1.18. The molecule has 0 spiro atoms. The number of rotatable bonds is 5. The molecule has 0 aliphatic heterocycles. The molecule has 0 bridgehead atoms. The van der Waals surface area contributed by atoms with E-state index in [0.717, 1.165) is 17.1 Å². The van der Waals surface area contributed by atoms with E-state index in [-0.39, 0.29) is 17.0 Å². The average molecular weight is 370 g/mol. The quantitative estimate of drug-likeness (QED) is 0.420. The fourth-order valence-electron chi connectivity index (χ4n) is 2.38. The Balaban J connectivity index is 1.63. The lowest BCUT2D eigenvalue weighted by molar-refractivity contribution is -0.384. The number of hydrogen-bond acceptors (Lipinski definition) is 6. The fourth-order valence-corrected chi connectivity index (χ4v) is 3.17. The van der Waals surface area contributed by atoms with Crippen molar-refractivity contribution >= 4 is 40.3 Å². The molecular weight excluding hydrogens is 356 g/mol. The Bertz CT molecular complexity index is 1010. The second-order valence-corrected chi connectivity index (χ2v) is 6.36. The Morgan fingerprint density at radius 2 is 2.00 bits per heavy atom. The van der Waals surface area contributed by atoms with Crippen molar-refractivity contribution in [2.24, 2.45) is 7.05 Å². The Kier molecular flexibility index (Phi) is 4.99. The van der Waals surface area contributed by atoms with Crippen molar-refractivity contribution in [3.05, 3.63) is 64.2 Å². The molecule has 8 nitrogen and oxygen atoms in total. The van der Waals surface area contributed by atoms with E-state index < -0.39 is 16.7 Å². The molecule has 2 aromatic carbocycles. The minimum atomic E-state index is -0.677. The van der Waals surface area contributed by atoms with E-state index in [1.165, 1.54) is 30.0 Å². The van der Waals surface area contributed by atoms with E-state index in [1.807, 2.05) is 35.9 Å². The number of nitrogens with one attached hydrogen (secondary N) is 1. The van der Waals surface area contributed by atoms with E-state index in [4.69, 9.17) is 0 Å². The molecule has 2 amide bonds. The van der Waals surface area contributed by atoms with Crippen LogP contribution >= 0.6 is 11.8 Å². The van der Waals surface area contributed by atoms with Crippen LogP contribution in [0.5, 0.6) is 0 Å². The van der Waals surface area contributed by atoms with Crippen molar-refractivity contribution in [3.8, 4) is 0 Å². The molecule has 0 atom stereocenters. The molecule has 0 aliphatic rings. The van der Waals surface area contributed by atoms with Gasteiger partial charge >= 0.3 is 0 Å². The monoisotopic (exact) mass is 370 g/mol. The highest BCUT2D eigenvalue weighted by atomic mass is 32.2. The van der Waals surface area contributed by atoms with Crippen LogP contribution in [0.4, 0.5) is 5.69 Å². The maximum absolute atomic E-state index is 12.1.